The second-order valence-electron chi connectivity index (χ2n) is 9.79. The van der Waals surface area contributed by atoms with E-state index in [9.17, 15) is 9.13 Å². The average Bonchev–Trinajstić information content (AvgIpc) is 2.51. The Labute approximate surface area is 178 Å². The van der Waals surface area contributed by atoms with Gasteiger partial charge in [-0.05, 0) is 81.1 Å². The highest BCUT2D eigenvalue weighted by Crippen LogP contribution is 2.70. The summed E-state index contributed by atoms with van der Waals surface area (Å²) in [6, 6.07) is 0. The van der Waals surface area contributed by atoms with Gasteiger partial charge in [-0.25, -0.2) is 9.13 Å². The summed E-state index contributed by atoms with van der Waals surface area (Å²) in [6.45, 7) is 21.7. The lowest BCUT2D eigenvalue weighted by Gasteiger charge is -2.37. The standard InChI is InChI=1S/C20H44O7P2/c1-13-17(5,6)23-28(21,24-18(7,8)14-2)27-29(22,25-19(9,10)15-3)26-20(11,12)16-4/h13-16H2,1-12H3. The second kappa shape index (κ2) is 10.3. The van der Waals surface area contributed by atoms with E-state index >= 15 is 0 Å². The van der Waals surface area contributed by atoms with Gasteiger partial charge in [0.2, 0.25) is 0 Å². The minimum Gasteiger partial charge on any atom is -0.280 e. The van der Waals surface area contributed by atoms with E-state index in [0.717, 1.165) is 0 Å². The Balaban J connectivity index is 6.21. The molecule has 0 aliphatic heterocycles. The molecule has 0 aromatic heterocycles. The maximum absolute atomic E-state index is 13.7. The van der Waals surface area contributed by atoms with Crippen LogP contribution in [-0.4, -0.2) is 22.4 Å². The summed E-state index contributed by atoms with van der Waals surface area (Å²) >= 11 is 0. The van der Waals surface area contributed by atoms with Crippen molar-refractivity contribution < 1.29 is 31.5 Å². The molecule has 0 aliphatic rings. The van der Waals surface area contributed by atoms with E-state index in [4.69, 9.17) is 22.4 Å². The zero-order valence-corrected chi connectivity index (χ0v) is 22.4. The van der Waals surface area contributed by atoms with Crippen molar-refractivity contribution in [1.29, 1.82) is 0 Å². The van der Waals surface area contributed by atoms with Crippen LogP contribution >= 0.6 is 15.6 Å². The summed E-state index contributed by atoms with van der Waals surface area (Å²) in [6.07, 6.45) is 2.18. The molecule has 176 valence electrons. The molecule has 0 fully saturated rings. The third-order valence-electron chi connectivity index (χ3n) is 5.04. The van der Waals surface area contributed by atoms with E-state index in [1.165, 1.54) is 0 Å². The monoisotopic (exact) mass is 458 g/mol. The average molecular weight is 459 g/mol. The van der Waals surface area contributed by atoms with Gasteiger partial charge < -0.3 is 0 Å². The summed E-state index contributed by atoms with van der Waals surface area (Å²) in [5.41, 5.74) is -3.31. The van der Waals surface area contributed by atoms with Gasteiger partial charge in [-0.2, -0.15) is 4.31 Å². The highest BCUT2D eigenvalue weighted by atomic mass is 31.3. The van der Waals surface area contributed by atoms with Gasteiger partial charge in [0.15, 0.2) is 0 Å². The fourth-order valence-electron chi connectivity index (χ4n) is 1.70. The minimum atomic E-state index is -4.32. The van der Waals surface area contributed by atoms with Crippen molar-refractivity contribution >= 4 is 15.6 Å². The van der Waals surface area contributed by atoms with Crippen molar-refractivity contribution in [3.63, 3.8) is 0 Å². The van der Waals surface area contributed by atoms with E-state index in [1.54, 1.807) is 55.4 Å². The van der Waals surface area contributed by atoms with Gasteiger partial charge >= 0.3 is 15.6 Å². The summed E-state index contributed by atoms with van der Waals surface area (Å²) in [7, 11) is -8.65. The lowest BCUT2D eigenvalue weighted by atomic mass is 10.1. The number of phosphoric ester groups is 2. The Hall–Kier alpha value is 0.260. The molecule has 0 N–H and O–H groups in total. The Bertz CT molecular complexity index is 516. The van der Waals surface area contributed by atoms with E-state index < -0.39 is 38.0 Å². The van der Waals surface area contributed by atoms with E-state index in [1.807, 2.05) is 27.7 Å². The molecule has 9 heteroatoms. The summed E-state index contributed by atoms with van der Waals surface area (Å²) < 4.78 is 56.2. The van der Waals surface area contributed by atoms with Crippen LogP contribution in [0, 0.1) is 0 Å². The SMILES string of the molecule is CCC(C)(C)OP(=O)(OC(C)(C)CC)OP(=O)(OC(C)(C)CC)OC(C)(C)CC. The van der Waals surface area contributed by atoms with Gasteiger partial charge in [-0.3, -0.25) is 18.1 Å². The van der Waals surface area contributed by atoms with Crippen LogP contribution in [0.25, 0.3) is 0 Å². The number of rotatable bonds is 14. The zero-order valence-electron chi connectivity index (χ0n) is 20.6. The predicted octanol–water partition coefficient (Wildman–Crippen LogP) is 8.04. The summed E-state index contributed by atoms with van der Waals surface area (Å²) in [5.74, 6) is 0. The normalized spacial score (nSPS) is 15.0. The molecule has 0 aliphatic carbocycles. The van der Waals surface area contributed by atoms with Crippen molar-refractivity contribution in [3.05, 3.63) is 0 Å². The van der Waals surface area contributed by atoms with Crippen molar-refractivity contribution in [2.24, 2.45) is 0 Å². The summed E-state index contributed by atoms with van der Waals surface area (Å²) in [4.78, 5) is 0. The van der Waals surface area contributed by atoms with Crippen molar-refractivity contribution in [1.82, 2.24) is 0 Å². The molecule has 0 unspecified atom stereocenters. The highest BCUT2D eigenvalue weighted by Gasteiger charge is 2.50. The highest BCUT2D eigenvalue weighted by molar-refractivity contribution is 7.62. The largest absolute Gasteiger partial charge is 0.484 e. The molecular weight excluding hydrogens is 414 g/mol. The molecular formula is C20H44O7P2. The van der Waals surface area contributed by atoms with Crippen LogP contribution in [0.1, 0.15) is 109 Å². The third-order valence-corrected chi connectivity index (χ3v) is 9.51. The molecule has 0 rings (SSSR count). The van der Waals surface area contributed by atoms with Gasteiger partial charge in [0.05, 0.1) is 22.4 Å². The van der Waals surface area contributed by atoms with Crippen LogP contribution in [0.4, 0.5) is 0 Å². The van der Waals surface area contributed by atoms with Crippen LogP contribution in [0.2, 0.25) is 0 Å². The van der Waals surface area contributed by atoms with Crippen LogP contribution < -0.4 is 0 Å². The van der Waals surface area contributed by atoms with Gasteiger partial charge in [-0.15, -0.1) is 0 Å². The van der Waals surface area contributed by atoms with E-state index in [2.05, 4.69) is 0 Å². The van der Waals surface area contributed by atoms with Crippen LogP contribution in [-0.2, 0) is 31.5 Å². The van der Waals surface area contributed by atoms with E-state index in [-0.39, 0.29) is 0 Å². The molecule has 0 spiro atoms. The molecule has 0 bridgehead atoms. The first-order valence-corrected chi connectivity index (χ1v) is 13.4. The second-order valence-corrected chi connectivity index (χ2v) is 13.0. The topological polar surface area (TPSA) is 80.3 Å². The fourth-order valence-corrected chi connectivity index (χ4v) is 6.22. The molecule has 0 radical (unpaired) electrons. The van der Waals surface area contributed by atoms with E-state index in [0.29, 0.717) is 25.7 Å². The third kappa shape index (κ3) is 10.9. The minimum absolute atomic E-state index is 0.545. The first kappa shape index (κ1) is 29.3. The fraction of sp³-hybridized carbons (Fsp3) is 1.00. The van der Waals surface area contributed by atoms with Crippen molar-refractivity contribution in [3.8, 4) is 0 Å². The maximum Gasteiger partial charge on any atom is 0.484 e. The molecule has 0 amide bonds. The van der Waals surface area contributed by atoms with Gasteiger partial charge in [0.25, 0.3) is 0 Å². The van der Waals surface area contributed by atoms with Crippen LogP contribution in [0.5, 0.6) is 0 Å². The molecule has 0 aromatic rings. The Morgan fingerprint density at radius 2 is 0.655 bits per heavy atom. The Morgan fingerprint density at radius 1 is 0.483 bits per heavy atom. The zero-order chi connectivity index (χ0) is 23.4. The lowest BCUT2D eigenvalue weighted by Crippen LogP contribution is -2.30. The predicted molar refractivity (Wildman–Crippen MR) is 118 cm³/mol. The quantitative estimate of drug-likeness (QED) is 0.244. The summed E-state index contributed by atoms with van der Waals surface area (Å²) in [5, 5.41) is 0. The number of hydrogen-bond acceptors (Lipinski definition) is 7. The molecule has 7 nitrogen and oxygen atoms in total. The van der Waals surface area contributed by atoms with Crippen molar-refractivity contribution in [2.45, 2.75) is 131 Å². The Morgan fingerprint density at radius 3 is 0.793 bits per heavy atom. The van der Waals surface area contributed by atoms with Gasteiger partial charge in [0, 0.05) is 0 Å². The number of hydrogen-bond donors (Lipinski definition) is 0. The maximum atomic E-state index is 13.7. The van der Waals surface area contributed by atoms with Crippen LogP contribution in [0.3, 0.4) is 0 Å². The number of phosphoric acid groups is 2. The van der Waals surface area contributed by atoms with Gasteiger partial charge in [0.1, 0.15) is 0 Å². The first-order valence-electron chi connectivity index (χ1n) is 10.5. The molecule has 0 heterocycles. The molecule has 0 saturated carbocycles. The smallest absolute Gasteiger partial charge is 0.280 e. The van der Waals surface area contributed by atoms with Crippen LogP contribution in [0.15, 0.2) is 0 Å². The molecule has 29 heavy (non-hydrogen) atoms. The molecule has 0 saturated heterocycles. The first-order chi connectivity index (χ1) is 12.8. The molecule has 0 aromatic carbocycles. The lowest BCUT2D eigenvalue weighted by molar-refractivity contribution is -0.0254. The molecule has 0 atom stereocenters. The van der Waals surface area contributed by atoms with Gasteiger partial charge in [-0.1, -0.05) is 27.7 Å². The Kier molecular flexibility index (Phi) is 10.3. The van der Waals surface area contributed by atoms with Crippen molar-refractivity contribution in [2.75, 3.05) is 0 Å².